The Balaban J connectivity index is 1.37. The van der Waals surface area contributed by atoms with E-state index < -0.39 is 5.97 Å². The second-order valence-corrected chi connectivity index (χ2v) is 7.83. The third kappa shape index (κ3) is 4.52. The largest absolute Gasteiger partial charge is 0.464 e. The van der Waals surface area contributed by atoms with Gasteiger partial charge < -0.3 is 14.2 Å². The summed E-state index contributed by atoms with van der Waals surface area (Å²) < 4.78 is 8.63. The zero-order valence-corrected chi connectivity index (χ0v) is 17.6. The Morgan fingerprint density at radius 2 is 2.00 bits per heavy atom. The van der Waals surface area contributed by atoms with Gasteiger partial charge in [-0.15, -0.1) is 0 Å². The summed E-state index contributed by atoms with van der Waals surface area (Å²) in [7, 11) is 1.86. The Kier molecular flexibility index (Phi) is 6.16. The van der Waals surface area contributed by atoms with Crippen LogP contribution in [-0.2, 0) is 23.1 Å². The Morgan fingerprint density at radius 1 is 1.16 bits per heavy atom. The van der Waals surface area contributed by atoms with Gasteiger partial charge in [0.05, 0.1) is 23.8 Å². The van der Waals surface area contributed by atoms with E-state index in [-0.39, 0.29) is 30.7 Å². The smallest absolute Gasteiger partial charge is 0.326 e. The van der Waals surface area contributed by atoms with Gasteiger partial charge in [-0.3, -0.25) is 19.0 Å². The van der Waals surface area contributed by atoms with Gasteiger partial charge in [-0.1, -0.05) is 12.1 Å². The van der Waals surface area contributed by atoms with Crippen LogP contribution < -0.4 is 5.56 Å². The van der Waals surface area contributed by atoms with E-state index in [1.807, 2.05) is 40.9 Å². The van der Waals surface area contributed by atoms with E-state index in [0.29, 0.717) is 29.7 Å². The van der Waals surface area contributed by atoms with Gasteiger partial charge in [-0.05, 0) is 43.5 Å². The van der Waals surface area contributed by atoms with Crippen molar-refractivity contribution in [1.82, 2.24) is 19.0 Å². The molecular formula is C23H26N4O4. The molecule has 8 nitrogen and oxygen atoms in total. The molecular weight excluding hydrogens is 396 g/mol. The molecule has 162 valence electrons. The van der Waals surface area contributed by atoms with Gasteiger partial charge in [0.2, 0.25) is 0 Å². The highest BCUT2D eigenvalue weighted by molar-refractivity contribution is 5.93. The van der Waals surface area contributed by atoms with Gasteiger partial charge in [0, 0.05) is 32.3 Å². The van der Waals surface area contributed by atoms with Gasteiger partial charge in [-0.25, -0.2) is 4.98 Å². The van der Waals surface area contributed by atoms with Gasteiger partial charge in [0.1, 0.15) is 12.2 Å². The molecule has 0 spiro atoms. The molecule has 0 N–H and O–H groups in total. The number of ether oxygens (including phenoxy) is 1. The SMILES string of the molecule is Cn1cccc1C(=O)N1CCCCC1CCOC(=O)Cn1c(=O)cnc2ccccc21. The van der Waals surface area contributed by atoms with Crippen molar-refractivity contribution in [3.8, 4) is 0 Å². The number of amides is 1. The van der Waals surface area contributed by atoms with E-state index in [1.165, 1.54) is 10.8 Å². The summed E-state index contributed by atoms with van der Waals surface area (Å²) in [6.45, 7) is 0.748. The molecule has 0 radical (unpaired) electrons. The molecule has 1 aliphatic rings. The standard InChI is InChI=1S/C23H26N4O4/c1-25-12-6-10-20(25)23(30)26-13-5-4-7-17(26)11-14-31-22(29)16-27-19-9-3-2-8-18(19)24-15-21(27)28/h2-3,6,8-10,12,15,17H,4-5,7,11,13-14,16H2,1H3. The molecule has 1 unspecified atom stereocenters. The maximum Gasteiger partial charge on any atom is 0.326 e. The van der Waals surface area contributed by atoms with E-state index in [1.54, 1.807) is 18.2 Å². The highest BCUT2D eigenvalue weighted by Gasteiger charge is 2.28. The van der Waals surface area contributed by atoms with Crippen molar-refractivity contribution in [2.45, 2.75) is 38.3 Å². The monoisotopic (exact) mass is 422 g/mol. The second-order valence-electron chi connectivity index (χ2n) is 7.83. The number of likely N-dealkylation sites (tertiary alicyclic amines) is 1. The number of hydrogen-bond acceptors (Lipinski definition) is 5. The molecule has 2 aromatic heterocycles. The first-order chi connectivity index (χ1) is 15.0. The Bertz CT molecular complexity index is 1150. The molecule has 1 amide bonds. The fourth-order valence-electron chi connectivity index (χ4n) is 4.16. The van der Waals surface area contributed by atoms with Crippen molar-refractivity contribution in [3.05, 3.63) is 64.8 Å². The zero-order chi connectivity index (χ0) is 21.8. The number of esters is 1. The molecule has 1 saturated heterocycles. The second kappa shape index (κ2) is 9.16. The van der Waals surface area contributed by atoms with E-state index in [2.05, 4.69) is 4.98 Å². The molecule has 0 saturated carbocycles. The van der Waals surface area contributed by atoms with Crippen molar-refractivity contribution in [2.24, 2.45) is 7.05 Å². The number of rotatable bonds is 6. The molecule has 3 aromatic rings. The molecule has 0 bridgehead atoms. The van der Waals surface area contributed by atoms with E-state index >= 15 is 0 Å². The molecule has 8 heteroatoms. The van der Waals surface area contributed by atoms with Gasteiger partial charge in [-0.2, -0.15) is 0 Å². The van der Waals surface area contributed by atoms with E-state index in [0.717, 1.165) is 19.3 Å². The summed E-state index contributed by atoms with van der Waals surface area (Å²) in [5, 5.41) is 0. The quantitative estimate of drug-likeness (QED) is 0.569. The number of carbonyl (C=O) groups excluding carboxylic acids is 2. The first-order valence-electron chi connectivity index (χ1n) is 10.6. The number of aromatic nitrogens is 3. The summed E-state index contributed by atoms with van der Waals surface area (Å²) in [6.07, 6.45) is 6.57. The number of benzene rings is 1. The van der Waals surface area contributed by atoms with Crippen LogP contribution in [-0.4, -0.2) is 50.1 Å². The molecule has 1 aromatic carbocycles. The van der Waals surface area contributed by atoms with Crippen LogP contribution in [0.1, 0.15) is 36.2 Å². The third-order valence-corrected chi connectivity index (χ3v) is 5.80. The molecule has 3 heterocycles. The Labute approximate surface area is 180 Å². The van der Waals surface area contributed by atoms with Crippen molar-refractivity contribution >= 4 is 22.9 Å². The van der Waals surface area contributed by atoms with Crippen LogP contribution in [0.2, 0.25) is 0 Å². The lowest BCUT2D eigenvalue weighted by Crippen LogP contribution is -2.45. The molecule has 1 aliphatic heterocycles. The van der Waals surface area contributed by atoms with Crippen LogP contribution >= 0.6 is 0 Å². The maximum absolute atomic E-state index is 12.9. The molecule has 4 rings (SSSR count). The maximum atomic E-state index is 12.9. The third-order valence-electron chi connectivity index (χ3n) is 5.80. The lowest BCUT2D eigenvalue weighted by atomic mass is 9.99. The van der Waals surface area contributed by atoms with Crippen LogP contribution in [0.25, 0.3) is 11.0 Å². The summed E-state index contributed by atoms with van der Waals surface area (Å²) in [5.74, 6) is -0.465. The summed E-state index contributed by atoms with van der Waals surface area (Å²) in [4.78, 5) is 43.5. The van der Waals surface area contributed by atoms with Gasteiger partial charge in [0.25, 0.3) is 11.5 Å². The zero-order valence-electron chi connectivity index (χ0n) is 17.6. The minimum atomic E-state index is -0.477. The predicted octanol–water partition coefficient (Wildman–Crippen LogP) is 2.36. The topological polar surface area (TPSA) is 86.4 Å². The number of piperidine rings is 1. The van der Waals surface area contributed by atoms with E-state index in [9.17, 15) is 14.4 Å². The summed E-state index contributed by atoms with van der Waals surface area (Å²) in [6, 6.07) is 10.9. The number of aryl methyl sites for hydroxylation is 1. The van der Waals surface area contributed by atoms with Crippen molar-refractivity contribution < 1.29 is 14.3 Å². The highest BCUT2D eigenvalue weighted by Crippen LogP contribution is 2.22. The van der Waals surface area contributed by atoms with Crippen LogP contribution in [0.5, 0.6) is 0 Å². The van der Waals surface area contributed by atoms with Crippen LogP contribution in [0, 0.1) is 0 Å². The Hall–Kier alpha value is -3.42. The van der Waals surface area contributed by atoms with Crippen molar-refractivity contribution in [1.29, 1.82) is 0 Å². The molecule has 0 aliphatic carbocycles. The van der Waals surface area contributed by atoms with Crippen molar-refractivity contribution in [3.63, 3.8) is 0 Å². The lowest BCUT2D eigenvalue weighted by molar-refractivity contribution is -0.144. The minimum absolute atomic E-state index is 0.0123. The summed E-state index contributed by atoms with van der Waals surface area (Å²) in [5.41, 5.74) is 1.56. The minimum Gasteiger partial charge on any atom is -0.464 e. The van der Waals surface area contributed by atoms with E-state index in [4.69, 9.17) is 4.74 Å². The number of fused-ring (bicyclic) bond motifs is 1. The number of nitrogens with zero attached hydrogens (tertiary/aromatic N) is 4. The fourth-order valence-corrected chi connectivity index (χ4v) is 4.16. The predicted molar refractivity (Wildman–Crippen MR) is 116 cm³/mol. The first kappa shape index (κ1) is 20.8. The van der Waals surface area contributed by atoms with Gasteiger partial charge in [0.15, 0.2) is 0 Å². The summed E-state index contributed by atoms with van der Waals surface area (Å²) >= 11 is 0. The highest BCUT2D eigenvalue weighted by atomic mass is 16.5. The van der Waals surface area contributed by atoms with Crippen LogP contribution in [0.3, 0.4) is 0 Å². The van der Waals surface area contributed by atoms with Crippen molar-refractivity contribution in [2.75, 3.05) is 13.2 Å². The van der Waals surface area contributed by atoms with Gasteiger partial charge >= 0.3 is 5.97 Å². The van der Waals surface area contributed by atoms with Crippen LogP contribution in [0.15, 0.2) is 53.6 Å². The average molecular weight is 422 g/mol. The number of carbonyl (C=O) groups is 2. The molecule has 1 fully saturated rings. The number of hydrogen-bond donors (Lipinski definition) is 0. The normalized spacial score (nSPS) is 16.4. The van der Waals surface area contributed by atoms with Crippen LogP contribution in [0.4, 0.5) is 0 Å². The lowest BCUT2D eigenvalue weighted by Gasteiger charge is -2.35. The average Bonchev–Trinajstić information content (AvgIpc) is 3.21. The number of para-hydroxylation sites is 2. The first-order valence-corrected chi connectivity index (χ1v) is 10.6. The fraction of sp³-hybridized carbons (Fsp3) is 0.391. The molecule has 31 heavy (non-hydrogen) atoms. The molecule has 1 atom stereocenters. The Morgan fingerprint density at radius 3 is 2.81 bits per heavy atom.